The predicted molar refractivity (Wildman–Crippen MR) is 70.4 cm³/mol. The molecule has 1 N–H and O–H groups in total. The summed E-state index contributed by atoms with van der Waals surface area (Å²) in [6, 6.07) is 5.84. The molecule has 0 atom stereocenters. The van der Waals surface area contributed by atoms with Crippen molar-refractivity contribution in [3.05, 3.63) is 29.6 Å². The van der Waals surface area contributed by atoms with E-state index in [2.05, 4.69) is 15.5 Å². The average molecular weight is 239 g/mol. The summed E-state index contributed by atoms with van der Waals surface area (Å²) in [6.07, 6.45) is 1.91. The number of aryl methyl sites for hydroxylation is 1. The lowest BCUT2D eigenvalue weighted by molar-refractivity contribution is 1.05. The molecule has 0 aromatic carbocycles. The topological polar surface area (TPSA) is 37.3 Å². The Balaban J connectivity index is 2.75. The summed E-state index contributed by atoms with van der Waals surface area (Å²) in [4.78, 5) is 4.36. The lowest BCUT2D eigenvalue weighted by Crippen LogP contribution is -2.14. The maximum absolute atomic E-state index is 4.97. The number of nitrogens with one attached hydrogen (secondary N) is 1. The van der Waals surface area contributed by atoms with Crippen LogP contribution in [-0.4, -0.2) is 21.3 Å². The summed E-state index contributed by atoms with van der Waals surface area (Å²) in [5.41, 5.74) is 5.47. The van der Waals surface area contributed by atoms with Crippen LogP contribution in [0.15, 0.2) is 23.3 Å². The lowest BCUT2D eigenvalue weighted by atomic mass is 10.2. The molecule has 0 saturated heterocycles. The second kappa shape index (κ2) is 5.82. The minimum atomic E-state index is 0.655. The number of pyridine rings is 1. The van der Waals surface area contributed by atoms with E-state index in [1.54, 1.807) is 0 Å². The molecule has 0 unspecified atom stereocenters. The van der Waals surface area contributed by atoms with Crippen LogP contribution in [0, 0.1) is 6.92 Å². The van der Waals surface area contributed by atoms with E-state index in [1.807, 2.05) is 38.3 Å². The van der Waals surface area contributed by atoms with Crippen LogP contribution in [-0.2, 0) is 0 Å². The molecule has 0 bridgehead atoms. The monoisotopic (exact) mass is 239 g/mol. The van der Waals surface area contributed by atoms with Gasteiger partial charge in [-0.3, -0.25) is 10.4 Å². The van der Waals surface area contributed by atoms with Gasteiger partial charge in [0.2, 0.25) is 0 Å². The molecule has 0 spiro atoms. The molecule has 1 aromatic heterocycles. The van der Waals surface area contributed by atoms with Crippen LogP contribution in [0.25, 0.3) is 0 Å². The van der Waals surface area contributed by atoms with E-state index < -0.39 is 0 Å². The molecule has 3 nitrogen and oxygen atoms in total. The van der Waals surface area contributed by atoms with Crippen molar-refractivity contribution in [1.82, 2.24) is 10.4 Å². The molecule has 15 heavy (non-hydrogen) atoms. The average Bonchev–Trinajstić information content (AvgIpc) is 2.25. The fraction of sp³-hybridized carbons (Fsp3) is 0.300. The number of thiocarbonyl (C=S) groups is 1. The molecule has 1 rings (SSSR count). The van der Waals surface area contributed by atoms with Crippen molar-refractivity contribution in [2.75, 3.05) is 6.26 Å². The van der Waals surface area contributed by atoms with Crippen LogP contribution in [0.5, 0.6) is 0 Å². The molecule has 1 heterocycles. The van der Waals surface area contributed by atoms with Gasteiger partial charge in [-0.2, -0.15) is 5.10 Å². The SMILES string of the molecule is CSC(=S)NN=C(C)c1cccc(C)n1. The summed E-state index contributed by atoms with van der Waals surface area (Å²) in [6.45, 7) is 3.86. The maximum atomic E-state index is 4.97. The molecule has 0 fully saturated rings. The quantitative estimate of drug-likeness (QED) is 0.488. The first-order chi connectivity index (χ1) is 7.13. The number of nitrogens with zero attached hydrogens (tertiary/aromatic N) is 2. The van der Waals surface area contributed by atoms with Gasteiger partial charge in [-0.15, -0.1) is 0 Å². The first-order valence-electron chi connectivity index (χ1n) is 4.45. The van der Waals surface area contributed by atoms with E-state index in [0.29, 0.717) is 4.32 Å². The van der Waals surface area contributed by atoms with E-state index in [4.69, 9.17) is 12.2 Å². The van der Waals surface area contributed by atoms with E-state index in [-0.39, 0.29) is 0 Å². The zero-order valence-corrected chi connectivity index (χ0v) is 10.6. The highest BCUT2D eigenvalue weighted by molar-refractivity contribution is 8.22. The second-order valence-electron chi connectivity index (χ2n) is 2.96. The van der Waals surface area contributed by atoms with Gasteiger partial charge in [0.15, 0.2) is 4.32 Å². The van der Waals surface area contributed by atoms with Crippen molar-refractivity contribution in [2.45, 2.75) is 13.8 Å². The summed E-state index contributed by atoms with van der Waals surface area (Å²) < 4.78 is 0.655. The van der Waals surface area contributed by atoms with E-state index >= 15 is 0 Å². The molecule has 0 aliphatic heterocycles. The number of hydrogen-bond acceptors (Lipinski definition) is 4. The van der Waals surface area contributed by atoms with Gasteiger partial charge in [-0.05, 0) is 32.2 Å². The van der Waals surface area contributed by atoms with Crippen molar-refractivity contribution in [3.63, 3.8) is 0 Å². The number of thioether (sulfide) groups is 1. The smallest absolute Gasteiger partial charge is 0.153 e. The molecule has 0 saturated carbocycles. The number of aromatic nitrogens is 1. The zero-order chi connectivity index (χ0) is 11.3. The van der Waals surface area contributed by atoms with Gasteiger partial charge in [0, 0.05) is 5.69 Å². The van der Waals surface area contributed by atoms with E-state index in [1.165, 1.54) is 11.8 Å². The van der Waals surface area contributed by atoms with Gasteiger partial charge in [0.25, 0.3) is 0 Å². The van der Waals surface area contributed by atoms with Gasteiger partial charge in [0.05, 0.1) is 11.4 Å². The number of rotatable bonds is 2. The Bertz CT molecular complexity index is 388. The van der Waals surface area contributed by atoms with E-state index in [9.17, 15) is 0 Å². The van der Waals surface area contributed by atoms with Gasteiger partial charge >= 0.3 is 0 Å². The van der Waals surface area contributed by atoms with Crippen molar-refractivity contribution >= 4 is 34.0 Å². The van der Waals surface area contributed by atoms with Crippen molar-refractivity contribution in [2.24, 2.45) is 5.10 Å². The molecule has 80 valence electrons. The van der Waals surface area contributed by atoms with Gasteiger partial charge in [-0.1, -0.05) is 30.0 Å². The Morgan fingerprint density at radius 1 is 1.53 bits per heavy atom. The normalized spacial score (nSPS) is 11.3. The van der Waals surface area contributed by atoms with Gasteiger partial charge in [0.1, 0.15) is 0 Å². The molecule has 0 aliphatic carbocycles. The van der Waals surface area contributed by atoms with Crippen molar-refractivity contribution in [1.29, 1.82) is 0 Å². The Kier molecular flexibility index (Phi) is 4.71. The third-order valence-corrected chi connectivity index (χ3v) is 2.81. The number of hydrazone groups is 1. The lowest BCUT2D eigenvalue weighted by Gasteiger charge is -2.02. The summed E-state index contributed by atoms with van der Waals surface area (Å²) in [5, 5.41) is 4.15. The van der Waals surface area contributed by atoms with Crippen LogP contribution in [0.3, 0.4) is 0 Å². The highest BCUT2D eigenvalue weighted by Crippen LogP contribution is 2.00. The van der Waals surface area contributed by atoms with Crippen molar-refractivity contribution in [3.8, 4) is 0 Å². The highest BCUT2D eigenvalue weighted by Gasteiger charge is 1.99. The standard InChI is InChI=1S/C10H13N3S2/c1-7-5-4-6-9(11-7)8(2)12-13-10(14)15-3/h4-6H,1-3H3,(H,13,14). The molecule has 0 radical (unpaired) electrons. The molecule has 0 aliphatic rings. The molecule has 5 heteroatoms. The zero-order valence-electron chi connectivity index (χ0n) is 8.94. The third kappa shape index (κ3) is 3.97. The minimum absolute atomic E-state index is 0.655. The van der Waals surface area contributed by atoms with Gasteiger partial charge in [-0.25, -0.2) is 0 Å². The van der Waals surface area contributed by atoms with Crippen LogP contribution in [0.4, 0.5) is 0 Å². The predicted octanol–water partition coefficient (Wildman–Crippen LogP) is 2.35. The first-order valence-corrected chi connectivity index (χ1v) is 6.09. The summed E-state index contributed by atoms with van der Waals surface area (Å²) in [7, 11) is 0. The molecule has 1 aromatic rings. The Morgan fingerprint density at radius 3 is 2.87 bits per heavy atom. The highest BCUT2D eigenvalue weighted by atomic mass is 32.2. The largest absolute Gasteiger partial charge is 0.262 e. The fourth-order valence-electron chi connectivity index (χ4n) is 0.977. The number of hydrogen-bond donors (Lipinski definition) is 1. The minimum Gasteiger partial charge on any atom is -0.262 e. The molecular weight excluding hydrogens is 226 g/mol. The third-order valence-electron chi connectivity index (χ3n) is 1.76. The second-order valence-corrected chi connectivity index (χ2v) is 4.45. The fourth-order valence-corrected chi connectivity index (χ4v) is 1.16. The van der Waals surface area contributed by atoms with Crippen LogP contribution in [0.1, 0.15) is 18.3 Å². The van der Waals surface area contributed by atoms with Crippen LogP contribution >= 0.6 is 24.0 Å². The summed E-state index contributed by atoms with van der Waals surface area (Å²) in [5.74, 6) is 0. The first kappa shape index (κ1) is 12.1. The van der Waals surface area contributed by atoms with Crippen molar-refractivity contribution < 1.29 is 0 Å². The molecule has 0 amide bonds. The summed E-state index contributed by atoms with van der Waals surface area (Å²) >= 11 is 6.43. The van der Waals surface area contributed by atoms with Crippen LogP contribution < -0.4 is 5.43 Å². The maximum Gasteiger partial charge on any atom is 0.153 e. The Morgan fingerprint density at radius 2 is 2.27 bits per heavy atom. The Hall–Kier alpha value is -0.940. The van der Waals surface area contributed by atoms with Crippen LogP contribution in [0.2, 0.25) is 0 Å². The van der Waals surface area contributed by atoms with E-state index in [0.717, 1.165) is 17.1 Å². The Labute approximate surface area is 99.4 Å². The van der Waals surface area contributed by atoms with Gasteiger partial charge < -0.3 is 0 Å². The molecular formula is C10H13N3S2.